The number of hydrogen-bond acceptors (Lipinski definition) is 3. The van der Waals surface area contributed by atoms with E-state index in [1.165, 1.54) is 12.8 Å². The lowest BCUT2D eigenvalue weighted by molar-refractivity contribution is -0.140. The maximum absolute atomic E-state index is 11.7. The Morgan fingerprint density at radius 2 is 1.82 bits per heavy atom. The lowest BCUT2D eigenvalue weighted by atomic mass is 10.0. The number of nitrogens with one attached hydrogen (secondary N) is 2. The average Bonchev–Trinajstić information content (AvgIpc) is 3.04. The van der Waals surface area contributed by atoms with E-state index in [1.54, 1.807) is 0 Å². The van der Waals surface area contributed by atoms with E-state index in [0.717, 1.165) is 12.8 Å². The number of aliphatic hydroxyl groups is 1. The molecule has 2 saturated carbocycles. The zero-order valence-corrected chi connectivity index (χ0v) is 10.00. The lowest BCUT2D eigenvalue weighted by Gasteiger charge is -2.20. The van der Waals surface area contributed by atoms with Crippen molar-refractivity contribution in [3.05, 3.63) is 0 Å². The Hall–Kier alpha value is -1.10. The number of rotatable bonds is 5. The van der Waals surface area contributed by atoms with E-state index >= 15 is 0 Å². The summed E-state index contributed by atoms with van der Waals surface area (Å²) in [5.74, 6) is 0.0529. The zero-order chi connectivity index (χ0) is 12.3. The van der Waals surface area contributed by atoms with E-state index in [9.17, 15) is 14.7 Å². The first-order chi connectivity index (χ1) is 8.10. The monoisotopic (exact) mass is 240 g/mol. The molecule has 0 spiro atoms. The Labute approximate surface area is 101 Å². The molecule has 5 nitrogen and oxygen atoms in total. The second kappa shape index (κ2) is 5.04. The van der Waals surface area contributed by atoms with E-state index in [1.807, 2.05) is 0 Å². The fourth-order valence-corrected chi connectivity index (χ4v) is 2.15. The van der Waals surface area contributed by atoms with Gasteiger partial charge >= 0.3 is 0 Å². The van der Waals surface area contributed by atoms with Gasteiger partial charge < -0.3 is 15.7 Å². The van der Waals surface area contributed by atoms with Gasteiger partial charge in [-0.3, -0.25) is 9.59 Å². The largest absolute Gasteiger partial charge is 0.380 e. The Morgan fingerprint density at radius 3 is 2.41 bits per heavy atom. The topological polar surface area (TPSA) is 78.4 Å². The Morgan fingerprint density at radius 1 is 1.18 bits per heavy atom. The van der Waals surface area contributed by atoms with E-state index in [0.29, 0.717) is 25.3 Å². The zero-order valence-electron chi connectivity index (χ0n) is 10.00. The third-order valence-corrected chi connectivity index (χ3v) is 3.55. The summed E-state index contributed by atoms with van der Waals surface area (Å²) in [6.45, 7) is 0.673. The van der Waals surface area contributed by atoms with Gasteiger partial charge in [0.05, 0.1) is 6.54 Å². The summed E-state index contributed by atoms with van der Waals surface area (Å²) in [6, 6.07) is 0. The van der Waals surface area contributed by atoms with Crippen LogP contribution in [0, 0.1) is 5.92 Å². The predicted octanol–water partition coefficient (Wildman–Crippen LogP) is -0.0661. The van der Waals surface area contributed by atoms with Crippen LogP contribution in [0.25, 0.3) is 0 Å². The second-order valence-corrected chi connectivity index (χ2v) is 5.17. The van der Waals surface area contributed by atoms with Crippen LogP contribution in [0.15, 0.2) is 0 Å². The van der Waals surface area contributed by atoms with Crippen molar-refractivity contribution >= 4 is 11.8 Å². The third-order valence-electron chi connectivity index (χ3n) is 3.55. The molecular weight excluding hydrogens is 220 g/mol. The molecule has 96 valence electrons. The highest BCUT2D eigenvalue weighted by atomic mass is 16.3. The molecule has 0 aliphatic heterocycles. The number of amides is 2. The molecule has 0 aromatic rings. The van der Waals surface area contributed by atoms with Gasteiger partial charge in [-0.1, -0.05) is 0 Å². The van der Waals surface area contributed by atoms with Crippen LogP contribution in [-0.2, 0) is 9.59 Å². The highest BCUT2D eigenvalue weighted by Gasteiger charge is 2.38. The summed E-state index contributed by atoms with van der Waals surface area (Å²) in [6.07, 6.45) is 5.12. The first kappa shape index (κ1) is 12.4. The lowest BCUT2D eigenvalue weighted by Crippen LogP contribution is -2.48. The van der Waals surface area contributed by atoms with Crippen molar-refractivity contribution in [2.75, 3.05) is 13.1 Å². The van der Waals surface area contributed by atoms with Crippen molar-refractivity contribution in [2.45, 2.75) is 44.1 Å². The van der Waals surface area contributed by atoms with Crippen LogP contribution in [0.4, 0.5) is 0 Å². The summed E-state index contributed by atoms with van der Waals surface area (Å²) < 4.78 is 0. The molecule has 0 saturated heterocycles. The van der Waals surface area contributed by atoms with Gasteiger partial charge in [0.2, 0.25) is 5.91 Å². The summed E-state index contributed by atoms with van der Waals surface area (Å²) >= 11 is 0. The van der Waals surface area contributed by atoms with E-state index in [4.69, 9.17) is 0 Å². The quantitative estimate of drug-likeness (QED) is 0.629. The summed E-state index contributed by atoms with van der Waals surface area (Å²) in [4.78, 5) is 23.1. The van der Waals surface area contributed by atoms with Crippen LogP contribution in [0.5, 0.6) is 0 Å². The minimum atomic E-state index is -1.24. The molecule has 2 aliphatic rings. The molecule has 0 aromatic heterocycles. The van der Waals surface area contributed by atoms with Gasteiger partial charge in [-0.15, -0.1) is 0 Å². The number of carbonyl (C=O) groups excluding carboxylic acids is 2. The Bertz CT molecular complexity index is 307. The summed E-state index contributed by atoms with van der Waals surface area (Å²) in [7, 11) is 0. The molecule has 0 atom stereocenters. The summed E-state index contributed by atoms with van der Waals surface area (Å²) in [5.41, 5.74) is -1.24. The molecule has 0 heterocycles. The highest BCUT2D eigenvalue weighted by molar-refractivity contribution is 5.89. The Kier molecular flexibility index (Phi) is 3.66. The van der Waals surface area contributed by atoms with Gasteiger partial charge in [0.25, 0.3) is 5.91 Å². The molecule has 0 unspecified atom stereocenters. The van der Waals surface area contributed by atoms with E-state index < -0.39 is 11.5 Å². The van der Waals surface area contributed by atoms with Gasteiger partial charge in [0.15, 0.2) is 0 Å². The number of hydrogen-bond donors (Lipinski definition) is 3. The molecule has 0 aromatic carbocycles. The van der Waals surface area contributed by atoms with Crippen LogP contribution in [0.2, 0.25) is 0 Å². The first-order valence-corrected chi connectivity index (χ1v) is 6.37. The molecule has 2 amide bonds. The second-order valence-electron chi connectivity index (χ2n) is 5.17. The van der Waals surface area contributed by atoms with Crippen LogP contribution < -0.4 is 10.6 Å². The first-order valence-electron chi connectivity index (χ1n) is 6.37. The highest BCUT2D eigenvalue weighted by Crippen LogP contribution is 2.29. The van der Waals surface area contributed by atoms with Crippen LogP contribution >= 0.6 is 0 Å². The molecule has 3 N–H and O–H groups in total. The van der Waals surface area contributed by atoms with Crippen LogP contribution in [0.3, 0.4) is 0 Å². The van der Waals surface area contributed by atoms with Gasteiger partial charge in [-0.2, -0.15) is 0 Å². The van der Waals surface area contributed by atoms with Crippen molar-refractivity contribution in [3.63, 3.8) is 0 Å². The molecule has 2 fully saturated rings. The van der Waals surface area contributed by atoms with E-state index in [-0.39, 0.29) is 12.5 Å². The van der Waals surface area contributed by atoms with Crippen molar-refractivity contribution < 1.29 is 14.7 Å². The van der Waals surface area contributed by atoms with Gasteiger partial charge in [-0.05, 0) is 44.4 Å². The third kappa shape index (κ3) is 3.43. The van der Waals surface area contributed by atoms with Crippen molar-refractivity contribution in [3.8, 4) is 0 Å². The normalized spacial score (nSPS) is 22.2. The predicted molar refractivity (Wildman–Crippen MR) is 62.2 cm³/mol. The fraction of sp³-hybridized carbons (Fsp3) is 0.833. The standard InChI is InChI=1S/C12H20N2O3/c15-10(13-7-9-3-4-9)8-14-11(16)12(17)5-1-2-6-12/h9,17H,1-8H2,(H,13,15)(H,14,16). The van der Waals surface area contributed by atoms with E-state index in [2.05, 4.69) is 10.6 Å². The maximum Gasteiger partial charge on any atom is 0.252 e. The molecule has 0 bridgehead atoms. The Balaban J connectivity index is 1.65. The minimum absolute atomic E-state index is 0.0339. The van der Waals surface area contributed by atoms with Crippen LogP contribution in [-0.4, -0.2) is 35.6 Å². The fourth-order valence-electron chi connectivity index (χ4n) is 2.15. The van der Waals surface area contributed by atoms with Crippen molar-refractivity contribution in [1.29, 1.82) is 0 Å². The molecule has 2 aliphatic carbocycles. The molecule has 2 rings (SSSR count). The molecule has 5 heteroatoms. The molecule has 0 radical (unpaired) electrons. The molecular formula is C12H20N2O3. The smallest absolute Gasteiger partial charge is 0.252 e. The number of carbonyl (C=O) groups is 2. The maximum atomic E-state index is 11.7. The van der Waals surface area contributed by atoms with Gasteiger partial charge in [0, 0.05) is 6.54 Å². The summed E-state index contributed by atoms with van der Waals surface area (Å²) in [5, 5.41) is 15.2. The SMILES string of the molecule is O=C(CNC(=O)C1(O)CCCC1)NCC1CC1. The van der Waals surface area contributed by atoms with Crippen molar-refractivity contribution in [1.82, 2.24) is 10.6 Å². The van der Waals surface area contributed by atoms with Crippen molar-refractivity contribution in [2.24, 2.45) is 5.92 Å². The minimum Gasteiger partial charge on any atom is -0.380 e. The average molecular weight is 240 g/mol. The van der Waals surface area contributed by atoms with Gasteiger partial charge in [0.1, 0.15) is 5.60 Å². The van der Waals surface area contributed by atoms with Gasteiger partial charge in [-0.25, -0.2) is 0 Å². The molecule has 17 heavy (non-hydrogen) atoms. The van der Waals surface area contributed by atoms with Crippen LogP contribution in [0.1, 0.15) is 38.5 Å².